The molecule has 6 rings (SSSR count). The molecule has 4 heteroatoms. The third-order valence-corrected chi connectivity index (χ3v) is 9.70. The van der Waals surface area contributed by atoms with E-state index in [2.05, 4.69) is 133 Å². The van der Waals surface area contributed by atoms with Crippen molar-refractivity contribution in [3.63, 3.8) is 0 Å². The molecule has 0 atom stereocenters. The number of benzene rings is 2. The first-order valence-electron chi connectivity index (χ1n) is 12.0. The van der Waals surface area contributed by atoms with Crippen LogP contribution in [0.25, 0.3) is 29.9 Å². The van der Waals surface area contributed by atoms with Gasteiger partial charge in [-0.15, -0.1) is 34.0 Å². The molecule has 0 fully saturated rings. The van der Waals surface area contributed by atoms with Gasteiger partial charge < -0.3 is 4.90 Å². The Morgan fingerprint density at radius 2 is 1.19 bits per heavy atom. The van der Waals surface area contributed by atoms with Crippen molar-refractivity contribution in [3.8, 4) is 29.9 Å². The van der Waals surface area contributed by atoms with Crippen LogP contribution in [0.15, 0.2) is 127 Å². The number of allylic oxidation sites excluding steroid dienone is 5. The highest BCUT2D eigenvalue weighted by atomic mass is 32.1. The lowest BCUT2D eigenvalue weighted by Crippen LogP contribution is -2.14. The number of aryl methyl sites for hydroxylation is 1. The van der Waals surface area contributed by atoms with Crippen LogP contribution in [0.3, 0.4) is 0 Å². The SMILES string of the molecule is Cc1ccc(-c2ccc(-c3ccc(-c4ccc(N(C5=CC=CCC=C5)c5ccccc5)cc4)s3)s2)s1. The van der Waals surface area contributed by atoms with Crippen LogP contribution in [0.2, 0.25) is 0 Å². The molecule has 0 saturated heterocycles. The lowest BCUT2D eigenvalue weighted by Gasteiger charge is -2.26. The largest absolute Gasteiger partial charge is 0.311 e. The highest BCUT2D eigenvalue weighted by molar-refractivity contribution is 7.27. The van der Waals surface area contributed by atoms with Gasteiger partial charge in [0.15, 0.2) is 0 Å². The van der Waals surface area contributed by atoms with E-state index >= 15 is 0 Å². The van der Waals surface area contributed by atoms with Crippen LogP contribution in [0.4, 0.5) is 11.4 Å². The normalized spacial score (nSPS) is 13.0. The highest BCUT2D eigenvalue weighted by Crippen LogP contribution is 2.42. The van der Waals surface area contributed by atoms with Crippen LogP contribution < -0.4 is 4.90 Å². The molecule has 1 aliphatic rings. The molecule has 0 unspecified atom stereocenters. The van der Waals surface area contributed by atoms with E-state index in [1.807, 2.05) is 34.0 Å². The summed E-state index contributed by atoms with van der Waals surface area (Å²) in [6.45, 7) is 2.17. The number of anilines is 2. The van der Waals surface area contributed by atoms with Crippen molar-refractivity contribution < 1.29 is 0 Å². The topological polar surface area (TPSA) is 3.24 Å². The summed E-state index contributed by atoms with van der Waals surface area (Å²) in [7, 11) is 0. The second-order valence-corrected chi connectivity index (χ2v) is 12.1. The molecule has 176 valence electrons. The number of nitrogens with zero attached hydrogens (tertiary/aromatic N) is 1. The summed E-state index contributed by atoms with van der Waals surface area (Å²) in [5.41, 5.74) is 4.72. The zero-order valence-corrected chi connectivity index (χ0v) is 22.4. The van der Waals surface area contributed by atoms with Gasteiger partial charge in [-0.05, 0) is 91.7 Å². The molecule has 36 heavy (non-hydrogen) atoms. The van der Waals surface area contributed by atoms with Crippen molar-refractivity contribution in [3.05, 3.63) is 132 Å². The molecule has 3 aromatic heterocycles. The van der Waals surface area contributed by atoms with Crippen LogP contribution in [0, 0.1) is 6.92 Å². The maximum absolute atomic E-state index is 2.31. The van der Waals surface area contributed by atoms with E-state index in [4.69, 9.17) is 0 Å². The quantitative estimate of drug-likeness (QED) is 0.216. The van der Waals surface area contributed by atoms with Gasteiger partial charge >= 0.3 is 0 Å². The van der Waals surface area contributed by atoms with Crippen LogP contribution in [0.1, 0.15) is 11.3 Å². The third-order valence-electron chi connectivity index (χ3n) is 6.08. The predicted molar refractivity (Wildman–Crippen MR) is 161 cm³/mol. The number of rotatable bonds is 6. The fourth-order valence-electron chi connectivity index (χ4n) is 4.31. The average molecular weight is 520 g/mol. The van der Waals surface area contributed by atoms with Crippen LogP contribution in [-0.2, 0) is 0 Å². The van der Waals surface area contributed by atoms with E-state index in [-0.39, 0.29) is 0 Å². The second-order valence-electron chi connectivity index (χ2n) is 8.61. The second kappa shape index (κ2) is 10.3. The molecule has 0 aliphatic heterocycles. The van der Waals surface area contributed by atoms with E-state index in [0.717, 1.165) is 23.5 Å². The molecule has 1 nitrogen and oxygen atoms in total. The molecule has 0 radical (unpaired) electrons. The zero-order chi connectivity index (χ0) is 24.3. The van der Waals surface area contributed by atoms with Crippen molar-refractivity contribution in [2.45, 2.75) is 13.3 Å². The molecule has 0 saturated carbocycles. The molecule has 2 aromatic carbocycles. The standard InChI is InChI=1S/C32H25NS3/c1-23-13-18-29(34-23)30-21-22-32(36-30)31-20-19-28(35-31)24-14-16-27(17-15-24)33(26-11-7-4-8-12-26)25-9-5-2-3-6-10-25/h2,4-22H,3H2,1H3. The van der Waals surface area contributed by atoms with Crippen LogP contribution in [0.5, 0.6) is 0 Å². The first kappa shape index (κ1) is 23.0. The highest BCUT2D eigenvalue weighted by Gasteiger charge is 2.14. The summed E-state index contributed by atoms with van der Waals surface area (Å²) in [6, 6.07) is 33.0. The number of hydrogen-bond donors (Lipinski definition) is 0. The number of hydrogen-bond acceptors (Lipinski definition) is 4. The van der Waals surface area contributed by atoms with Gasteiger partial charge in [-0.2, -0.15) is 0 Å². The molecule has 1 aliphatic carbocycles. The summed E-state index contributed by atoms with van der Waals surface area (Å²) in [5.74, 6) is 0. The first-order valence-corrected chi connectivity index (χ1v) is 14.5. The molecule has 3 heterocycles. The molecular formula is C32H25NS3. The smallest absolute Gasteiger partial charge is 0.0462 e. The average Bonchev–Trinajstić information content (AvgIpc) is 3.64. The van der Waals surface area contributed by atoms with Gasteiger partial charge in [-0.1, -0.05) is 48.6 Å². The number of thiophene rings is 3. The Morgan fingerprint density at radius 3 is 1.89 bits per heavy atom. The van der Waals surface area contributed by atoms with Crippen LogP contribution in [-0.4, -0.2) is 0 Å². The van der Waals surface area contributed by atoms with Crippen molar-refractivity contribution in [1.82, 2.24) is 0 Å². The molecule has 0 bridgehead atoms. The Balaban J connectivity index is 1.28. The van der Waals surface area contributed by atoms with Gasteiger partial charge in [0.1, 0.15) is 0 Å². The minimum atomic E-state index is 0.959. The minimum absolute atomic E-state index is 0.959. The van der Waals surface area contributed by atoms with Crippen molar-refractivity contribution in [2.75, 3.05) is 4.90 Å². The maximum atomic E-state index is 2.31. The molecule has 0 amide bonds. The van der Waals surface area contributed by atoms with Gasteiger partial charge in [-0.3, -0.25) is 0 Å². The summed E-state index contributed by atoms with van der Waals surface area (Å²) in [6.07, 6.45) is 11.9. The Hall–Kier alpha value is -3.44. The summed E-state index contributed by atoms with van der Waals surface area (Å²) >= 11 is 5.60. The Labute approximate surface area is 224 Å². The van der Waals surface area contributed by atoms with Crippen molar-refractivity contribution in [2.24, 2.45) is 0 Å². The molecule has 0 spiro atoms. The molecule has 5 aromatic rings. The fourth-order valence-corrected chi connectivity index (χ4v) is 7.38. The summed E-state index contributed by atoms with van der Waals surface area (Å²) in [5, 5.41) is 0. The predicted octanol–water partition coefficient (Wildman–Crippen LogP) is 10.7. The minimum Gasteiger partial charge on any atom is -0.311 e. The van der Waals surface area contributed by atoms with Gasteiger partial charge in [0.2, 0.25) is 0 Å². The van der Waals surface area contributed by atoms with Gasteiger partial charge in [0.25, 0.3) is 0 Å². The lowest BCUT2D eigenvalue weighted by atomic mass is 10.1. The van der Waals surface area contributed by atoms with E-state index in [1.54, 1.807) is 0 Å². The van der Waals surface area contributed by atoms with Gasteiger partial charge in [0, 0.05) is 46.3 Å². The lowest BCUT2D eigenvalue weighted by molar-refractivity contribution is 1.21. The third kappa shape index (κ3) is 4.80. The van der Waals surface area contributed by atoms with Gasteiger partial charge in [0.05, 0.1) is 0 Å². The van der Waals surface area contributed by atoms with E-state index in [1.165, 1.54) is 34.8 Å². The van der Waals surface area contributed by atoms with E-state index < -0.39 is 0 Å². The molecule has 0 N–H and O–H groups in total. The fraction of sp³-hybridized carbons (Fsp3) is 0.0625. The summed E-state index contributed by atoms with van der Waals surface area (Å²) in [4.78, 5) is 10.3. The van der Waals surface area contributed by atoms with E-state index in [0.29, 0.717) is 0 Å². The monoisotopic (exact) mass is 519 g/mol. The first-order chi connectivity index (χ1) is 17.7. The van der Waals surface area contributed by atoms with Gasteiger partial charge in [-0.25, -0.2) is 0 Å². The van der Waals surface area contributed by atoms with Crippen molar-refractivity contribution >= 4 is 45.4 Å². The van der Waals surface area contributed by atoms with Crippen LogP contribution >= 0.6 is 34.0 Å². The maximum Gasteiger partial charge on any atom is 0.0462 e. The zero-order valence-electron chi connectivity index (χ0n) is 19.9. The Bertz CT molecular complexity index is 1560. The molecular weight excluding hydrogens is 495 g/mol. The Kier molecular flexibility index (Phi) is 6.56. The van der Waals surface area contributed by atoms with Crippen molar-refractivity contribution in [1.29, 1.82) is 0 Å². The van der Waals surface area contributed by atoms with E-state index in [9.17, 15) is 0 Å². The summed E-state index contributed by atoms with van der Waals surface area (Å²) < 4.78 is 0. The number of para-hydroxylation sites is 1. The Morgan fingerprint density at radius 1 is 0.583 bits per heavy atom.